The van der Waals surface area contributed by atoms with Crippen molar-refractivity contribution in [1.29, 1.82) is 0 Å². The number of hydrogen-bond acceptors (Lipinski definition) is 6. The van der Waals surface area contributed by atoms with Crippen LogP contribution < -0.4 is 11.2 Å². The van der Waals surface area contributed by atoms with Crippen molar-refractivity contribution in [2.45, 2.75) is 82.7 Å². The number of nitrogens with zero attached hydrogens (tertiary/aromatic N) is 1. The second-order valence-corrected chi connectivity index (χ2v) is 13.7. The second kappa shape index (κ2) is 8.40. The van der Waals surface area contributed by atoms with Crippen LogP contribution >= 0.6 is 0 Å². The summed E-state index contributed by atoms with van der Waals surface area (Å²) < 4.78 is 13.3. The molecule has 8 nitrogen and oxygen atoms in total. The summed E-state index contributed by atoms with van der Waals surface area (Å²) in [4.78, 5) is 25.3. The zero-order chi connectivity index (χ0) is 20.5. The van der Waals surface area contributed by atoms with Crippen molar-refractivity contribution in [3.8, 4) is 0 Å². The Morgan fingerprint density at radius 1 is 1.11 bits per heavy atom. The molecule has 27 heavy (non-hydrogen) atoms. The summed E-state index contributed by atoms with van der Waals surface area (Å²) in [5.74, 6) is 0. The van der Waals surface area contributed by atoms with Gasteiger partial charge in [-0.1, -0.05) is 41.5 Å². The summed E-state index contributed by atoms with van der Waals surface area (Å²) in [6, 6.07) is 1.17. The maximum Gasteiger partial charge on any atom is 0.330 e. The number of ether oxygens (including phenoxy) is 1. The fraction of sp³-hybridized carbons (Fsp3) is 0.778. The molecule has 9 heteroatoms. The molecule has 1 aliphatic heterocycles. The molecule has 0 amide bonds. The Balaban J connectivity index is 2.20. The highest BCUT2D eigenvalue weighted by molar-refractivity contribution is 6.77. The predicted molar refractivity (Wildman–Crippen MR) is 104 cm³/mol. The van der Waals surface area contributed by atoms with Gasteiger partial charge >= 0.3 is 5.69 Å². The van der Waals surface area contributed by atoms with E-state index >= 15 is 0 Å². The fourth-order valence-corrected chi connectivity index (χ4v) is 9.90. The zero-order valence-electron chi connectivity index (χ0n) is 16.9. The van der Waals surface area contributed by atoms with Crippen LogP contribution in [0.25, 0.3) is 0 Å². The molecule has 0 spiro atoms. The number of nitrogens with one attached hydrogen (secondary N) is 1. The van der Waals surface area contributed by atoms with Gasteiger partial charge in [0, 0.05) is 12.3 Å². The number of aliphatic hydroxyl groups is 2. The van der Waals surface area contributed by atoms with Crippen LogP contribution in [0.3, 0.4) is 0 Å². The first-order valence-corrected chi connectivity index (χ1v) is 11.6. The Kier molecular flexibility index (Phi) is 6.85. The lowest BCUT2D eigenvalue weighted by Gasteiger charge is -2.42. The Morgan fingerprint density at radius 2 is 1.67 bits per heavy atom. The van der Waals surface area contributed by atoms with E-state index < -0.39 is 44.1 Å². The van der Waals surface area contributed by atoms with Gasteiger partial charge < -0.3 is 19.4 Å². The molecular formula is C18H32N2O6Si. The van der Waals surface area contributed by atoms with Gasteiger partial charge in [-0.25, -0.2) is 4.79 Å². The molecule has 1 fully saturated rings. The highest BCUT2D eigenvalue weighted by atomic mass is 28.4. The number of aromatic amines is 1. The summed E-state index contributed by atoms with van der Waals surface area (Å²) in [7, 11) is -2.16. The summed E-state index contributed by atoms with van der Waals surface area (Å²) in [6.45, 7) is 13.1. The quantitative estimate of drug-likeness (QED) is 0.595. The highest BCUT2D eigenvalue weighted by Gasteiger charge is 2.49. The van der Waals surface area contributed by atoms with E-state index in [0.29, 0.717) is 16.6 Å². The molecule has 1 saturated heterocycles. The molecule has 0 saturated carbocycles. The fourth-order valence-electron chi connectivity index (χ4n) is 4.45. The minimum absolute atomic E-state index is 0.146. The first kappa shape index (κ1) is 22.0. The molecular weight excluding hydrogens is 368 g/mol. The normalized spacial score (nSPS) is 26.5. The van der Waals surface area contributed by atoms with Crippen molar-refractivity contribution >= 4 is 8.32 Å². The van der Waals surface area contributed by atoms with Crippen LogP contribution in [0.4, 0.5) is 0 Å². The van der Waals surface area contributed by atoms with Gasteiger partial charge in [0.05, 0.1) is 6.61 Å². The summed E-state index contributed by atoms with van der Waals surface area (Å²) >= 11 is 0. The molecule has 154 valence electrons. The van der Waals surface area contributed by atoms with Gasteiger partial charge in [-0.3, -0.25) is 14.3 Å². The second-order valence-electron chi connectivity index (χ2n) is 8.19. The summed E-state index contributed by atoms with van der Waals surface area (Å²) in [6.07, 6.45) is -3.07. The summed E-state index contributed by atoms with van der Waals surface area (Å²) in [5, 5.41) is 20.8. The van der Waals surface area contributed by atoms with Crippen molar-refractivity contribution < 1.29 is 19.4 Å². The first-order valence-electron chi connectivity index (χ1n) is 9.49. The first-order chi connectivity index (χ1) is 12.5. The van der Waals surface area contributed by atoms with Crippen LogP contribution in [0, 0.1) is 0 Å². The Labute approximate surface area is 160 Å². The van der Waals surface area contributed by atoms with Gasteiger partial charge in [0.15, 0.2) is 14.5 Å². The van der Waals surface area contributed by atoms with E-state index in [9.17, 15) is 19.8 Å². The van der Waals surface area contributed by atoms with E-state index in [0.717, 1.165) is 4.57 Å². The van der Waals surface area contributed by atoms with E-state index in [1.165, 1.54) is 12.3 Å². The average Bonchev–Trinajstić information content (AvgIpc) is 2.83. The van der Waals surface area contributed by atoms with Gasteiger partial charge in [0.2, 0.25) is 0 Å². The van der Waals surface area contributed by atoms with E-state index in [2.05, 4.69) is 46.5 Å². The predicted octanol–water partition coefficient (Wildman–Crippen LogP) is 1.35. The average molecular weight is 401 g/mol. The van der Waals surface area contributed by atoms with Crippen molar-refractivity contribution in [2.24, 2.45) is 0 Å². The minimum Gasteiger partial charge on any atom is -0.413 e. The SMILES string of the molecule is CC(C)[Si](OC[C@H]1O[C@@H](n2ccc(=O)[nH]c2=O)[C@H](O)[C@@H]1O)(C(C)C)C(C)C. The molecule has 2 rings (SSSR count). The smallest absolute Gasteiger partial charge is 0.330 e. The van der Waals surface area contributed by atoms with Crippen LogP contribution in [0.2, 0.25) is 16.6 Å². The standard InChI is InChI=1S/C18H32N2O6Si/c1-10(2)27(11(3)4,12(5)6)25-9-13-15(22)16(23)17(26-13)20-8-7-14(21)19-18(20)24/h7-8,10-13,15-17,22-23H,9H2,1-6H3,(H,19,21,24)/t13-,15-,16-,17-/m1/s1. The van der Waals surface area contributed by atoms with Crippen LogP contribution in [0.1, 0.15) is 47.8 Å². The topological polar surface area (TPSA) is 114 Å². The van der Waals surface area contributed by atoms with Crippen LogP contribution in [-0.2, 0) is 9.16 Å². The maximum absolute atomic E-state index is 12.0. The van der Waals surface area contributed by atoms with Gasteiger partial charge in [-0.2, -0.15) is 0 Å². The maximum atomic E-state index is 12.0. The van der Waals surface area contributed by atoms with Gasteiger partial charge in [0.25, 0.3) is 5.56 Å². The van der Waals surface area contributed by atoms with Gasteiger partial charge in [0.1, 0.15) is 18.3 Å². The number of rotatable bonds is 7. The van der Waals surface area contributed by atoms with Crippen LogP contribution in [-0.4, -0.2) is 53.0 Å². The number of aliphatic hydroxyl groups excluding tert-OH is 2. The molecule has 0 bridgehead atoms. The van der Waals surface area contributed by atoms with E-state index in [4.69, 9.17) is 9.16 Å². The molecule has 1 aromatic heterocycles. The lowest BCUT2D eigenvalue weighted by molar-refractivity contribution is -0.0535. The third-order valence-corrected chi connectivity index (χ3v) is 11.7. The van der Waals surface area contributed by atoms with E-state index in [1.54, 1.807) is 0 Å². The minimum atomic E-state index is -2.16. The van der Waals surface area contributed by atoms with E-state index in [-0.39, 0.29) is 6.61 Å². The van der Waals surface area contributed by atoms with Crippen molar-refractivity contribution in [3.05, 3.63) is 33.1 Å². The zero-order valence-corrected chi connectivity index (χ0v) is 17.9. The largest absolute Gasteiger partial charge is 0.413 e. The Bertz CT molecular complexity index is 722. The summed E-state index contributed by atoms with van der Waals surface area (Å²) in [5.41, 5.74) is -0.114. The molecule has 4 atom stereocenters. The number of H-pyrrole nitrogens is 1. The molecule has 1 aromatic rings. The lowest BCUT2D eigenvalue weighted by atomic mass is 10.1. The monoisotopic (exact) mass is 400 g/mol. The Hall–Kier alpha value is -1.26. The molecule has 3 N–H and O–H groups in total. The molecule has 0 unspecified atom stereocenters. The third kappa shape index (κ3) is 4.12. The highest BCUT2D eigenvalue weighted by Crippen LogP contribution is 2.43. The molecule has 1 aliphatic rings. The molecule has 0 aromatic carbocycles. The Morgan fingerprint density at radius 3 is 2.15 bits per heavy atom. The molecule has 0 aliphatic carbocycles. The number of aromatic nitrogens is 2. The van der Waals surface area contributed by atoms with Crippen molar-refractivity contribution in [1.82, 2.24) is 9.55 Å². The molecule has 2 heterocycles. The van der Waals surface area contributed by atoms with E-state index in [1.807, 2.05) is 0 Å². The van der Waals surface area contributed by atoms with Gasteiger partial charge in [-0.05, 0) is 16.6 Å². The third-order valence-electron chi connectivity index (χ3n) is 5.67. The molecule has 0 radical (unpaired) electrons. The number of hydrogen-bond donors (Lipinski definition) is 3. The van der Waals surface area contributed by atoms with Crippen molar-refractivity contribution in [2.75, 3.05) is 6.61 Å². The van der Waals surface area contributed by atoms with Gasteiger partial charge in [-0.15, -0.1) is 0 Å². The van der Waals surface area contributed by atoms with Crippen molar-refractivity contribution in [3.63, 3.8) is 0 Å². The lowest BCUT2D eigenvalue weighted by Crippen LogP contribution is -2.50. The van der Waals surface area contributed by atoms with Crippen LogP contribution in [0.15, 0.2) is 21.9 Å². The van der Waals surface area contributed by atoms with Crippen LogP contribution in [0.5, 0.6) is 0 Å².